The average molecular weight is 410 g/mol. The van der Waals surface area contributed by atoms with Crippen LogP contribution in [0, 0.1) is 5.92 Å². The topological polar surface area (TPSA) is 35.6 Å². The maximum absolute atomic E-state index is 12.8. The van der Waals surface area contributed by atoms with Crippen LogP contribution in [-0.2, 0) is 17.6 Å². The molecule has 2 aromatic carbocycles. The van der Waals surface area contributed by atoms with E-state index in [0.29, 0.717) is 6.04 Å². The summed E-state index contributed by atoms with van der Waals surface area (Å²) in [5.41, 5.74) is 5.30. The van der Waals surface area contributed by atoms with Crippen molar-refractivity contribution in [2.45, 2.75) is 45.2 Å². The summed E-state index contributed by atoms with van der Waals surface area (Å²) in [6, 6.07) is 18.1. The highest BCUT2D eigenvalue weighted by Gasteiger charge is 2.37. The zero-order valence-corrected chi connectivity index (χ0v) is 18.4. The number of fused-ring (bicyclic) bond motifs is 1. The molecule has 1 N–H and O–H groups in total. The summed E-state index contributed by atoms with van der Waals surface area (Å²) in [5, 5.41) is 0. The van der Waals surface area contributed by atoms with Crippen molar-refractivity contribution in [3.8, 4) is 0 Å². The molecular weight excluding hydrogens is 378 g/mol. The molecule has 0 aliphatic carbocycles. The van der Waals surface area contributed by atoms with Gasteiger partial charge in [-0.15, -0.1) is 0 Å². The number of likely N-dealkylation sites (tertiary alicyclic amines) is 1. The molecule has 1 fully saturated rings. The molecule has 0 spiro atoms. The van der Waals surface area contributed by atoms with Crippen molar-refractivity contribution in [2.75, 3.05) is 24.2 Å². The summed E-state index contributed by atoms with van der Waals surface area (Å²) in [6.45, 7) is 5.88. The van der Waals surface area contributed by atoms with Crippen molar-refractivity contribution in [2.24, 2.45) is 5.92 Å². The Hall–Kier alpha value is -1.98. The van der Waals surface area contributed by atoms with E-state index in [9.17, 15) is 4.79 Å². The van der Waals surface area contributed by atoms with E-state index in [4.69, 9.17) is 0 Å². The molecular formula is C24H31N3OS. The van der Waals surface area contributed by atoms with Gasteiger partial charge in [0, 0.05) is 36.4 Å². The molecule has 1 saturated heterocycles. The predicted molar refractivity (Wildman–Crippen MR) is 123 cm³/mol. The Morgan fingerprint density at radius 1 is 1.17 bits per heavy atom. The number of para-hydroxylation sites is 1. The number of benzene rings is 2. The number of hydrogen-bond acceptors (Lipinski definition) is 4. The minimum atomic E-state index is 0.0398. The van der Waals surface area contributed by atoms with Crippen LogP contribution in [0.25, 0.3) is 0 Å². The molecule has 29 heavy (non-hydrogen) atoms. The highest BCUT2D eigenvalue weighted by molar-refractivity contribution is 7.96. The van der Waals surface area contributed by atoms with E-state index in [0.717, 1.165) is 32.4 Å². The molecule has 154 valence electrons. The molecule has 2 heterocycles. The van der Waals surface area contributed by atoms with Crippen molar-refractivity contribution >= 4 is 29.2 Å². The monoisotopic (exact) mass is 409 g/mol. The summed E-state index contributed by atoms with van der Waals surface area (Å²) in [7, 11) is 0. The van der Waals surface area contributed by atoms with Gasteiger partial charge in [0.25, 0.3) is 0 Å². The maximum Gasteiger partial charge on any atom is 0.225 e. The van der Waals surface area contributed by atoms with Crippen LogP contribution in [0.1, 0.15) is 31.4 Å². The summed E-state index contributed by atoms with van der Waals surface area (Å²) < 4.78 is 3.53. The molecule has 5 heteroatoms. The number of anilines is 2. The Balaban J connectivity index is 1.57. The van der Waals surface area contributed by atoms with Gasteiger partial charge in [-0.05, 0) is 54.8 Å². The van der Waals surface area contributed by atoms with Gasteiger partial charge in [-0.2, -0.15) is 0 Å². The van der Waals surface area contributed by atoms with Crippen molar-refractivity contribution in [3.63, 3.8) is 0 Å². The number of hydrogen-bond donors (Lipinski definition) is 1. The van der Waals surface area contributed by atoms with Gasteiger partial charge in [0.2, 0.25) is 5.91 Å². The van der Waals surface area contributed by atoms with E-state index in [1.165, 1.54) is 22.5 Å². The molecule has 4 rings (SSSR count). The minimum absolute atomic E-state index is 0.0398. The maximum atomic E-state index is 12.8. The van der Waals surface area contributed by atoms with Crippen LogP contribution in [0.2, 0.25) is 0 Å². The lowest BCUT2D eigenvalue weighted by Crippen LogP contribution is -2.45. The number of rotatable bonds is 6. The Bertz CT molecular complexity index is 869. The third-order valence-corrected chi connectivity index (χ3v) is 6.68. The third kappa shape index (κ3) is 4.17. The molecule has 2 atom stereocenters. The first-order chi connectivity index (χ1) is 14.1. The first-order valence-corrected chi connectivity index (χ1v) is 11.8. The predicted octanol–water partition coefficient (Wildman–Crippen LogP) is 4.42. The Kier molecular flexibility index (Phi) is 6.16. The van der Waals surface area contributed by atoms with Crippen molar-refractivity contribution in [3.05, 3.63) is 59.7 Å². The van der Waals surface area contributed by atoms with Crippen LogP contribution in [0.15, 0.2) is 48.5 Å². The largest absolute Gasteiger partial charge is 0.341 e. The van der Waals surface area contributed by atoms with Gasteiger partial charge >= 0.3 is 0 Å². The van der Waals surface area contributed by atoms with E-state index in [1.54, 1.807) is 11.9 Å². The molecule has 2 aromatic rings. The standard InChI is InChI=1S/C24H31N3OS/c1-17(2)24(28)27-14-12-21(25-29-3)23(27)16-18-7-6-9-20(15-18)26-13-11-19-8-4-5-10-22(19)26/h4-10,15,17,21,23,25H,11-14,16H2,1-3H3. The lowest BCUT2D eigenvalue weighted by molar-refractivity contribution is -0.135. The Labute approximate surface area is 178 Å². The Morgan fingerprint density at radius 3 is 2.79 bits per heavy atom. The van der Waals surface area contributed by atoms with E-state index in [2.05, 4.69) is 69.3 Å². The molecule has 2 aliphatic rings. The van der Waals surface area contributed by atoms with Crippen LogP contribution in [0.4, 0.5) is 11.4 Å². The highest BCUT2D eigenvalue weighted by atomic mass is 32.2. The summed E-state index contributed by atoms with van der Waals surface area (Å²) in [4.78, 5) is 17.3. The minimum Gasteiger partial charge on any atom is -0.341 e. The second-order valence-corrected chi connectivity index (χ2v) is 9.02. The second kappa shape index (κ2) is 8.80. The van der Waals surface area contributed by atoms with Crippen LogP contribution in [0.5, 0.6) is 0 Å². The van der Waals surface area contributed by atoms with Gasteiger partial charge < -0.3 is 9.80 Å². The number of carbonyl (C=O) groups excluding carboxylic acids is 1. The number of nitrogens with zero attached hydrogens (tertiary/aromatic N) is 2. The lowest BCUT2D eigenvalue weighted by Gasteiger charge is -2.30. The van der Waals surface area contributed by atoms with E-state index in [-0.39, 0.29) is 17.9 Å². The van der Waals surface area contributed by atoms with Crippen LogP contribution >= 0.6 is 11.9 Å². The van der Waals surface area contributed by atoms with Gasteiger partial charge in [-0.1, -0.05) is 56.1 Å². The van der Waals surface area contributed by atoms with Gasteiger partial charge in [-0.3, -0.25) is 9.52 Å². The molecule has 1 amide bonds. The van der Waals surface area contributed by atoms with Crippen LogP contribution in [-0.4, -0.2) is 42.2 Å². The third-order valence-electron chi connectivity index (χ3n) is 6.15. The van der Waals surface area contributed by atoms with Gasteiger partial charge in [0.1, 0.15) is 0 Å². The average Bonchev–Trinajstić information content (AvgIpc) is 3.32. The SMILES string of the molecule is CSNC1CCN(C(=O)C(C)C)C1Cc1cccc(N2CCc3ccccc32)c1. The number of nitrogens with one attached hydrogen (secondary N) is 1. The zero-order valence-electron chi connectivity index (χ0n) is 17.6. The lowest BCUT2D eigenvalue weighted by atomic mass is 9.99. The quantitative estimate of drug-likeness (QED) is 0.717. The normalized spacial score (nSPS) is 21.1. The number of amides is 1. The molecule has 0 saturated carbocycles. The van der Waals surface area contributed by atoms with Gasteiger partial charge in [0.15, 0.2) is 0 Å². The fourth-order valence-corrected chi connectivity index (χ4v) is 5.28. The van der Waals surface area contributed by atoms with E-state index in [1.807, 2.05) is 13.8 Å². The summed E-state index contributed by atoms with van der Waals surface area (Å²) >= 11 is 1.65. The fourth-order valence-electron chi connectivity index (χ4n) is 4.70. The first kappa shape index (κ1) is 20.3. The molecule has 0 bridgehead atoms. The van der Waals surface area contributed by atoms with Gasteiger partial charge in [0.05, 0.1) is 6.04 Å². The van der Waals surface area contributed by atoms with Gasteiger partial charge in [-0.25, -0.2) is 0 Å². The summed E-state index contributed by atoms with van der Waals surface area (Å²) in [5.74, 6) is 0.308. The smallest absolute Gasteiger partial charge is 0.225 e. The molecule has 4 nitrogen and oxygen atoms in total. The summed E-state index contributed by atoms with van der Waals surface area (Å²) in [6.07, 6.45) is 5.07. The first-order valence-electron chi connectivity index (χ1n) is 10.6. The molecule has 2 unspecified atom stereocenters. The van der Waals surface area contributed by atoms with E-state index >= 15 is 0 Å². The number of carbonyl (C=O) groups is 1. The van der Waals surface area contributed by atoms with Crippen molar-refractivity contribution in [1.82, 2.24) is 9.62 Å². The second-order valence-electron chi connectivity index (χ2n) is 8.38. The highest BCUT2D eigenvalue weighted by Crippen LogP contribution is 2.35. The van der Waals surface area contributed by atoms with Crippen LogP contribution < -0.4 is 9.62 Å². The molecule has 2 aliphatic heterocycles. The molecule has 0 aromatic heterocycles. The Morgan fingerprint density at radius 2 is 2.00 bits per heavy atom. The van der Waals surface area contributed by atoms with Crippen LogP contribution in [0.3, 0.4) is 0 Å². The van der Waals surface area contributed by atoms with Crippen molar-refractivity contribution < 1.29 is 4.79 Å². The fraction of sp³-hybridized carbons (Fsp3) is 0.458. The van der Waals surface area contributed by atoms with Crippen molar-refractivity contribution in [1.29, 1.82) is 0 Å². The van der Waals surface area contributed by atoms with E-state index < -0.39 is 0 Å². The zero-order chi connectivity index (χ0) is 20.4. The molecule has 0 radical (unpaired) electrons.